The fraction of sp³-hybridized carbons (Fsp3) is 0.167. The van der Waals surface area contributed by atoms with Crippen LogP contribution in [0.4, 0.5) is 10.1 Å². The van der Waals surface area contributed by atoms with Gasteiger partial charge in [0.25, 0.3) is 0 Å². The minimum atomic E-state index is -0.440. The highest BCUT2D eigenvalue weighted by atomic mass is 35.5. The number of nitrogens with one attached hydrogen (secondary N) is 1. The van der Waals surface area contributed by atoms with Crippen molar-refractivity contribution in [3.63, 3.8) is 0 Å². The Labute approximate surface area is 109 Å². The lowest BCUT2D eigenvalue weighted by molar-refractivity contribution is 0.628. The minimum absolute atomic E-state index is 0.282. The summed E-state index contributed by atoms with van der Waals surface area (Å²) in [6.45, 7) is 0.578. The Balaban J connectivity index is 2.17. The summed E-state index contributed by atoms with van der Waals surface area (Å²) in [6.07, 6.45) is 1.95. The first kappa shape index (κ1) is 12.3. The number of aromatic nitrogens is 1. The molecule has 0 atom stereocenters. The van der Waals surface area contributed by atoms with Gasteiger partial charge in [-0.1, -0.05) is 23.2 Å². The molecule has 1 aromatic heterocycles. The molecule has 1 N–H and O–H groups in total. The lowest BCUT2D eigenvalue weighted by Gasteiger charge is -2.11. The van der Waals surface area contributed by atoms with Crippen molar-refractivity contribution in [1.29, 1.82) is 0 Å². The van der Waals surface area contributed by atoms with Gasteiger partial charge >= 0.3 is 0 Å². The van der Waals surface area contributed by atoms with Crippen molar-refractivity contribution < 1.29 is 4.39 Å². The van der Waals surface area contributed by atoms with Crippen LogP contribution in [-0.2, 0) is 13.6 Å². The van der Waals surface area contributed by atoms with Gasteiger partial charge in [0.1, 0.15) is 5.82 Å². The Morgan fingerprint density at radius 1 is 1.29 bits per heavy atom. The molecule has 17 heavy (non-hydrogen) atoms. The number of hydrogen-bond donors (Lipinski definition) is 1. The maximum atomic E-state index is 13.0. The van der Waals surface area contributed by atoms with Crippen molar-refractivity contribution in [2.45, 2.75) is 6.54 Å². The van der Waals surface area contributed by atoms with Crippen LogP contribution in [0.2, 0.25) is 10.0 Å². The van der Waals surface area contributed by atoms with Crippen LogP contribution in [0.15, 0.2) is 30.5 Å². The number of benzene rings is 1. The normalized spacial score (nSPS) is 10.6. The van der Waals surface area contributed by atoms with E-state index in [9.17, 15) is 4.39 Å². The third-order valence-corrected chi connectivity index (χ3v) is 3.10. The van der Waals surface area contributed by atoms with Crippen molar-refractivity contribution in [3.05, 3.63) is 52.0 Å². The highest BCUT2D eigenvalue weighted by molar-refractivity contribution is 6.39. The fourth-order valence-corrected chi connectivity index (χ4v) is 2.16. The first-order valence-electron chi connectivity index (χ1n) is 5.06. The number of hydrogen-bond acceptors (Lipinski definition) is 1. The Kier molecular flexibility index (Phi) is 3.60. The van der Waals surface area contributed by atoms with Gasteiger partial charge in [0.05, 0.1) is 22.3 Å². The smallest absolute Gasteiger partial charge is 0.126 e. The van der Waals surface area contributed by atoms with E-state index in [1.807, 2.05) is 29.9 Å². The van der Waals surface area contributed by atoms with Crippen molar-refractivity contribution in [3.8, 4) is 0 Å². The van der Waals surface area contributed by atoms with Crippen LogP contribution in [0, 0.1) is 5.82 Å². The Bertz CT molecular complexity index is 514. The summed E-state index contributed by atoms with van der Waals surface area (Å²) in [6, 6.07) is 6.41. The molecule has 0 amide bonds. The number of rotatable bonds is 3. The number of nitrogens with zero attached hydrogens (tertiary/aromatic N) is 1. The molecule has 0 bridgehead atoms. The lowest BCUT2D eigenvalue weighted by atomic mass is 10.3. The van der Waals surface area contributed by atoms with Gasteiger partial charge in [-0.3, -0.25) is 0 Å². The molecule has 2 nitrogen and oxygen atoms in total. The van der Waals surface area contributed by atoms with Gasteiger partial charge in [-0.25, -0.2) is 4.39 Å². The van der Waals surface area contributed by atoms with E-state index in [0.29, 0.717) is 12.2 Å². The SMILES string of the molecule is Cn1cccc1CNc1c(Cl)cc(F)cc1Cl. The molecule has 90 valence electrons. The minimum Gasteiger partial charge on any atom is -0.377 e. The Morgan fingerprint density at radius 3 is 2.47 bits per heavy atom. The standard InChI is InChI=1S/C12H11Cl2FN2/c1-17-4-2-3-9(17)7-16-12-10(13)5-8(15)6-11(12)14/h2-6,16H,7H2,1H3. The Morgan fingerprint density at radius 2 is 1.94 bits per heavy atom. The van der Waals surface area contributed by atoms with Gasteiger partial charge in [-0.05, 0) is 24.3 Å². The molecule has 0 aliphatic carbocycles. The zero-order valence-electron chi connectivity index (χ0n) is 9.17. The summed E-state index contributed by atoms with van der Waals surface area (Å²) < 4.78 is 15.0. The van der Waals surface area contributed by atoms with Crippen molar-refractivity contribution in [2.75, 3.05) is 5.32 Å². The molecule has 2 rings (SSSR count). The molecule has 0 aliphatic rings. The number of aryl methyl sites for hydroxylation is 1. The fourth-order valence-electron chi connectivity index (χ4n) is 1.57. The predicted molar refractivity (Wildman–Crippen MR) is 69.2 cm³/mol. The van der Waals surface area contributed by atoms with Gasteiger partial charge in [0, 0.05) is 18.9 Å². The Hall–Kier alpha value is -1.19. The van der Waals surface area contributed by atoms with Gasteiger partial charge in [0.15, 0.2) is 0 Å². The largest absolute Gasteiger partial charge is 0.377 e. The zero-order chi connectivity index (χ0) is 12.4. The quantitative estimate of drug-likeness (QED) is 0.891. The van der Waals surface area contributed by atoms with Gasteiger partial charge in [0.2, 0.25) is 0 Å². The first-order valence-corrected chi connectivity index (χ1v) is 5.82. The van der Waals surface area contributed by atoms with Crippen LogP contribution < -0.4 is 5.32 Å². The second kappa shape index (κ2) is 4.98. The van der Waals surface area contributed by atoms with E-state index >= 15 is 0 Å². The molecule has 1 heterocycles. The number of halogens is 3. The van der Waals surface area contributed by atoms with Crippen LogP contribution in [0.3, 0.4) is 0 Å². The van der Waals surface area contributed by atoms with E-state index < -0.39 is 5.82 Å². The molecule has 0 unspecified atom stereocenters. The third-order valence-electron chi connectivity index (χ3n) is 2.50. The van der Waals surface area contributed by atoms with Crippen molar-refractivity contribution >= 4 is 28.9 Å². The predicted octanol–water partition coefficient (Wildman–Crippen LogP) is 4.08. The molecule has 0 aliphatic heterocycles. The van der Waals surface area contributed by atoms with E-state index in [2.05, 4.69) is 5.32 Å². The van der Waals surface area contributed by atoms with Gasteiger partial charge in [-0.2, -0.15) is 0 Å². The molecule has 1 aromatic carbocycles. The van der Waals surface area contributed by atoms with Crippen molar-refractivity contribution in [2.24, 2.45) is 7.05 Å². The van der Waals surface area contributed by atoms with E-state index in [1.54, 1.807) is 0 Å². The molecule has 0 fully saturated rings. The van der Waals surface area contributed by atoms with E-state index in [4.69, 9.17) is 23.2 Å². The van der Waals surface area contributed by atoms with Gasteiger partial charge < -0.3 is 9.88 Å². The molecular weight excluding hydrogens is 262 g/mol. The van der Waals surface area contributed by atoms with Crippen LogP contribution in [-0.4, -0.2) is 4.57 Å². The second-order valence-electron chi connectivity index (χ2n) is 3.71. The second-order valence-corrected chi connectivity index (χ2v) is 4.52. The van der Waals surface area contributed by atoms with Crippen LogP contribution in [0.1, 0.15) is 5.69 Å². The summed E-state index contributed by atoms with van der Waals surface area (Å²) in [4.78, 5) is 0. The first-order chi connectivity index (χ1) is 8.08. The summed E-state index contributed by atoms with van der Waals surface area (Å²) in [5, 5.41) is 3.66. The molecule has 0 saturated heterocycles. The highest BCUT2D eigenvalue weighted by Crippen LogP contribution is 2.31. The summed E-state index contributed by atoms with van der Waals surface area (Å²) in [5.41, 5.74) is 1.64. The van der Waals surface area contributed by atoms with Gasteiger partial charge in [-0.15, -0.1) is 0 Å². The lowest BCUT2D eigenvalue weighted by Crippen LogP contribution is -2.05. The molecule has 0 spiro atoms. The average Bonchev–Trinajstić information content (AvgIpc) is 2.62. The topological polar surface area (TPSA) is 17.0 Å². The van der Waals surface area contributed by atoms with E-state index in [1.165, 1.54) is 12.1 Å². The summed E-state index contributed by atoms with van der Waals surface area (Å²) in [7, 11) is 1.95. The maximum absolute atomic E-state index is 13.0. The third kappa shape index (κ3) is 2.73. The number of anilines is 1. The molecule has 2 aromatic rings. The van der Waals surface area contributed by atoms with Crippen LogP contribution in [0.25, 0.3) is 0 Å². The molecule has 5 heteroatoms. The maximum Gasteiger partial charge on any atom is 0.126 e. The average molecular weight is 273 g/mol. The van der Waals surface area contributed by atoms with E-state index in [-0.39, 0.29) is 10.0 Å². The van der Waals surface area contributed by atoms with Crippen molar-refractivity contribution in [1.82, 2.24) is 4.57 Å². The molecule has 0 saturated carbocycles. The monoisotopic (exact) mass is 272 g/mol. The van der Waals surface area contributed by atoms with E-state index in [0.717, 1.165) is 5.69 Å². The van der Waals surface area contributed by atoms with Crippen LogP contribution in [0.5, 0.6) is 0 Å². The zero-order valence-corrected chi connectivity index (χ0v) is 10.7. The molecule has 0 radical (unpaired) electrons. The summed E-state index contributed by atoms with van der Waals surface area (Å²) >= 11 is 11.8. The highest BCUT2D eigenvalue weighted by Gasteiger charge is 2.08. The molecular formula is C12H11Cl2FN2. The van der Waals surface area contributed by atoms with Crippen LogP contribution >= 0.6 is 23.2 Å². The summed E-state index contributed by atoms with van der Waals surface area (Å²) in [5.74, 6) is -0.440.